The number of hydrogen-bond donors (Lipinski definition) is 2. The van der Waals surface area contributed by atoms with Crippen molar-refractivity contribution in [1.29, 1.82) is 0 Å². The van der Waals surface area contributed by atoms with Crippen LogP contribution in [0.4, 0.5) is 0 Å². The minimum absolute atomic E-state index is 0.0737. The highest BCUT2D eigenvalue weighted by Gasteiger charge is 2.23. The van der Waals surface area contributed by atoms with Crippen molar-refractivity contribution in [2.45, 2.75) is 32.8 Å². The average Bonchev–Trinajstić information content (AvgIpc) is 2.42. The SMILES string of the molecule is Cc1cccc(C(CN)C(O)c2cccc(C)c2C)c1. The Kier molecular flexibility index (Phi) is 4.58. The fourth-order valence-electron chi connectivity index (χ4n) is 2.66. The fourth-order valence-corrected chi connectivity index (χ4v) is 2.66. The largest absolute Gasteiger partial charge is 0.388 e. The van der Waals surface area contributed by atoms with E-state index >= 15 is 0 Å². The zero-order valence-corrected chi connectivity index (χ0v) is 12.4. The Labute approximate surface area is 121 Å². The van der Waals surface area contributed by atoms with Gasteiger partial charge in [-0.25, -0.2) is 0 Å². The molecule has 0 aliphatic heterocycles. The summed E-state index contributed by atoms with van der Waals surface area (Å²) in [4.78, 5) is 0. The predicted molar refractivity (Wildman–Crippen MR) is 83.9 cm³/mol. The van der Waals surface area contributed by atoms with Crippen molar-refractivity contribution in [1.82, 2.24) is 0 Å². The maximum Gasteiger partial charge on any atom is 0.0873 e. The quantitative estimate of drug-likeness (QED) is 0.893. The topological polar surface area (TPSA) is 46.2 Å². The van der Waals surface area contributed by atoms with Crippen LogP contribution in [0.5, 0.6) is 0 Å². The average molecular weight is 269 g/mol. The van der Waals surface area contributed by atoms with Gasteiger partial charge in [0.15, 0.2) is 0 Å². The first-order valence-electron chi connectivity index (χ1n) is 7.05. The molecule has 2 unspecified atom stereocenters. The van der Waals surface area contributed by atoms with Crippen molar-refractivity contribution in [3.63, 3.8) is 0 Å². The van der Waals surface area contributed by atoms with Gasteiger partial charge in [-0.15, -0.1) is 0 Å². The molecule has 2 rings (SSSR count). The maximum atomic E-state index is 10.7. The lowest BCUT2D eigenvalue weighted by atomic mass is 9.86. The lowest BCUT2D eigenvalue weighted by molar-refractivity contribution is 0.146. The molecule has 2 heteroatoms. The second-order valence-corrected chi connectivity index (χ2v) is 5.49. The number of hydrogen-bond acceptors (Lipinski definition) is 2. The van der Waals surface area contributed by atoms with Gasteiger partial charge in [0.05, 0.1) is 6.10 Å². The summed E-state index contributed by atoms with van der Waals surface area (Å²) in [7, 11) is 0. The van der Waals surface area contributed by atoms with Crippen LogP contribution in [0.3, 0.4) is 0 Å². The van der Waals surface area contributed by atoms with Gasteiger partial charge in [0.2, 0.25) is 0 Å². The monoisotopic (exact) mass is 269 g/mol. The van der Waals surface area contributed by atoms with E-state index in [0.717, 1.165) is 16.7 Å². The van der Waals surface area contributed by atoms with E-state index in [-0.39, 0.29) is 5.92 Å². The van der Waals surface area contributed by atoms with Crippen molar-refractivity contribution < 1.29 is 5.11 Å². The number of aryl methyl sites for hydroxylation is 2. The third-order valence-electron chi connectivity index (χ3n) is 4.07. The van der Waals surface area contributed by atoms with Crippen LogP contribution in [0.25, 0.3) is 0 Å². The number of rotatable bonds is 4. The van der Waals surface area contributed by atoms with Gasteiger partial charge >= 0.3 is 0 Å². The van der Waals surface area contributed by atoms with E-state index in [1.807, 2.05) is 24.3 Å². The van der Waals surface area contributed by atoms with Crippen LogP contribution in [0.1, 0.15) is 39.8 Å². The number of benzene rings is 2. The van der Waals surface area contributed by atoms with Gasteiger partial charge in [0.1, 0.15) is 0 Å². The molecule has 0 saturated heterocycles. The standard InChI is InChI=1S/C18H23NO/c1-12-6-4-8-15(10-12)17(11-19)18(20)16-9-5-7-13(2)14(16)3/h4-10,17-18,20H,11,19H2,1-3H3. The van der Waals surface area contributed by atoms with Crippen LogP contribution >= 0.6 is 0 Å². The van der Waals surface area contributed by atoms with Gasteiger partial charge < -0.3 is 10.8 Å². The minimum Gasteiger partial charge on any atom is -0.388 e. The number of aliphatic hydroxyl groups excluding tert-OH is 1. The van der Waals surface area contributed by atoms with Crippen molar-refractivity contribution in [3.8, 4) is 0 Å². The second-order valence-electron chi connectivity index (χ2n) is 5.49. The van der Waals surface area contributed by atoms with Gasteiger partial charge in [-0.05, 0) is 43.0 Å². The molecule has 0 bridgehead atoms. The molecule has 0 saturated carbocycles. The van der Waals surface area contributed by atoms with Crippen LogP contribution < -0.4 is 5.73 Å². The third-order valence-corrected chi connectivity index (χ3v) is 4.07. The van der Waals surface area contributed by atoms with Crippen LogP contribution in [0.15, 0.2) is 42.5 Å². The van der Waals surface area contributed by atoms with Gasteiger partial charge in [-0.2, -0.15) is 0 Å². The Morgan fingerprint density at radius 2 is 1.75 bits per heavy atom. The fraction of sp³-hybridized carbons (Fsp3) is 0.333. The lowest BCUT2D eigenvalue weighted by Crippen LogP contribution is -2.21. The van der Waals surface area contributed by atoms with E-state index in [9.17, 15) is 5.11 Å². The molecule has 0 spiro atoms. The summed E-state index contributed by atoms with van der Waals surface area (Å²) in [6.07, 6.45) is -0.568. The normalized spacial score (nSPS) is 14.1. The van der Waals surface area contributed by atoms with Gasteiger partial charge in [-0.3, -0.25) is 0 Å². The molecule has 0 amide bonds. The summed E-state index contributed by atoms with van der Waals surface area (Å²) in [6.45, 7) is 6.60. The van der Waals surface area contributed by atoms with Crippen molar-refractivity contribution in [2.24, 2.45) is 5.73 Å². The van der Waals surface area contributed by atoms with E-state index < -0.39 is 6.10 Å². The van der Waals surface area contributed by atoms with E-state index in [4.69, 9.17) is 5.73 Å². The zero-order chi connectivity index (χ0) is 14.7. The summed E-state index contributed by atoms with van der Waals surface area (Å²) in [5.41, 5.74) is 11.5. The van der Waals surface area contributed by atoms with E-state index in [0.29, 0.717) is 6.54 Å². The highest BCUT2D eigenvalue weighted by molar-refractivity contribution is 5.37. The molecule has 0 aliphatic rings. The molecule has 2 aromatic rings. The molecule has 0 radical (unpaired) electrons. The van der Waals surface area contributed by atoms with Gasteiger partial charge in [0, 0.05) is 12.5 Å². The molecule has 0 fully saturated rings. The smallest absolute Gasteiger partial charge is 0.0873 e. The summed E-state index contributed by atoms with van der Waals surface area (Å²) in [5, 5.41) is 10.7. The van der Waals surface area contributed by atoms with Crippen molar-refractivity contribution in [3.05, 3.63) is 70.3 Å². The summed E-state index contributed by atoms with van der Waals surface area (Å²) in [6, 6.07) is 14.3. The number of nitrogens with two attached hydrogens (primary N) is 1. The Morgan fingerprint density at radius 3 is 2.40 bits per heavy atom. The van der Waals surface area contributed by atoms with Gasteiger partial charge in [-0.1, -0.05) is 48.0 Å². The Morgan fingerprint density at radius 1 is 1.05 bits per heavy atom. The molecule has 2 atom stereocenters. The molecule has 0 aromatic heterocycles. The first-order valence-corrected chi connectivity index (χ1v) is 7.05. The lowest BCUT2D eigenvalue weighted by Gasteiger charge is -2.24. The highest BCUT2D eigenvalue weighted by Crippen LogP contribution is 2.33. The highest BCUT2D eigenvalue weighted by atomic mass is 16.3. The first-order chi connectivity index (χ1) is 9.54. The van der Waals surface area contributed by atoms with Gasteiger partial charge in [0.25, 0.3) is 0 Å². The van der Waals surface area contributed by atoms with E-state index in [2.05, 4.69) is 39.0 Å². The Bertz CT molecular complexity index is 592. The van der Waals surface area contributed by atoms with Crippen LogP contribution in [-0.4, -0.2) is 11.7 Å². The second kappa shape index (κ2) is 6.21. The maximum absolute atomic E-state index is 10.7. The molecule has 106 valence electrons. The summed E-state index contributed by atoms with van der Waals surface area (Å²) in [5.74, 6) is -0.0737. The molecule has 0 aliphatic carbocycles. The Balaban J connectivity index is 2.39. The van der Waals surface area contributed by atoms with E-state index in [1.54, 1.807) is 0 Å². The summed E-state index contributed by atoms with van der Waals surface area (Å²) < 4.78 is 0. The minimum atomic E-state index is -0.568. The van der Waals surface area contributed by atoms with Crippen LogP contribution in [0, 0.1) is 20.8 Å². The van der Waals surface area contributed by atoms with Crippen molar-refractivity contribution >= 4 is 0 Å². The molecule has 2 aromatic carbocycles. The first kappa shape index (κ1) is 14.8. The predicted octanol–water partition coefficient (Wildman–Crippen LogP) is 3.39. The molecule has 2 nitrogen and oxygen atoms in total. The molecular formula is C18H23NO. The molecule has 3 N–H and O–H groups in total. The van der Waals surface area contributed by atoms with Crippen LogP contribution in [0.2, 0.25) is 0 Å². The zero-order valence-electron chi connectivity index (χ0n) is 12.4. The number of aliphatic hydroxyl groups is 1. The van der Waals surface area contributed by atoms with Crippen LogP contribution in [-0.2, 0) is 0 Å². The Hall–Kier alpha value is -1.64. The molecule has 20 heavy (non-hydrogen) atoms. The third kappa shape index (κ3) is 2.92. The molecular weight excluding hydrogens is 246 g/mol. The van der Waals surface area contributed by atoms with Crippen molar-refractivity contribution in [2.75, 3.05) is 6.54 Å². The molecule has 0 heterocycles. The van der Waals surface area contributed by atoms with E-state index in [1.165, 1.54) is 11.1 Å². The summed E-state index contributed by atoms with van der Waals surface area (Å²) >= 11 is 0.